The number of halogens is 2. The van der Waals surface area contributed by atoms with Gasteiger partial charge in [-0.05, 0) is 42.6 Å². The highest BCUT2D eigenvalue weighted by Crippen LogP contribution is 2.28. The molecule has 7 heteroatoms. The summed E-state index contributed by atoms with van der Waals surface area (Å²) in [5, 5.41) is 0. The molecule has 2 N–H and O–H groups in total. The molecular formula is C18H27ClFN3O2. The number of ether oxygens (including phenoxy) is 1. The second-order valence-electron chi connectivity index (χ2n) is 7.23. The van der Waals surface area contributed by atoms with Crippen LogP contribution in [0.4, 0.5) is 4.39 Å². The van der Waals surface area contributed by atoms with E-state index in [2.05, 4.69) is 11.8 Å². The van der Waals surface area contributed by atoms with Gasteiger partial charge in [-0.25, -0.2) is 4.39 Å². The zero-order valence-corrected chi connectivity index (χ0v) is 15.4. The molecule has 1 aromatic carbocycles. The molecule has 1 amide bonds. The van der Waals surface area contributed by atoms with Crippen LogP contribution < -0.4 is 5.73 Å². The monoisotopic (exact) mass is 371 g/mol. The van der Waals surface area contributed by atoms with Crippen LogP contribution >= 0.6 is 12.4 Å². The number of carbonyl (C=O) groups is 1. The van der Waals surface area contributed by atoms with Crippen LogP contribution in [0.3, 0.4) is 0 Å². The maximum absolute atomic E-state index is 13.1. The van der Waals surface area contributed by atoms with Crippen molar-refractivity contribution >= 4 is 18.3 Å². The predicted molar refractivity (Wildman–Crippen MR) is 97.1 cm³/mol. The first-order valence-corrected chi connectivity index (χ1v) is 8.56. The standard InChI is InChI=1S/C18H26FN3O2.ClH/c1-18(12-20)6-7-21(13-18)11-17(23)22-8-9-24-16(10-22)14-2-4-15(19)5-3-14;/h2-5,16H,6-13,20H2,1H3;1H. The largest absolute Gasteiger partial charge is 0.370 e. The molecule has 0 saturated carbocycles. The molecule has 2 unspecified atom stereocenters. The number of carbonyl (C=O) groups excluding carboxylic acids is 1. The zero-order valence-electron chi connectivity index (χ0n) is 14.6. The number of hydrogen-bond donors (Lipinski definition) is 1. The summed E-state index contributed by atoms with van der Waals surface area (Å²) < 4.78 is 18.8. The Kier molecular flexibility index (Phi) is 6.79. The van der Waals surface area contributed by atoms with Crippen LogP contribution in [0.15, 0.2) is 24.3 Å². The average molecular weight is 372 g/mol. The Morgan fingerprint density at radius 1 is 1.36 bits per heavy atom. The van der Waals surface area contributed by atoms with Gasteiger partial charge in [0.15, 0.2) is 0 Å². The van der Waals surface area contributed by atoms with Gasteiger partial charge in [-0.1, -0.05) is 19.1 Å². The van der Waals surface area contributed by atoms with Gasteiger partial charge in [0.25, 0.3) is 0 Å². The van der Waals surface area contributed by atoms with Crippen molar-refractivity contribution in [3.8, 4) is 0 Å². The smallest absolute Gasteiger partial charge is 0.236 e. The van der Waals surface area contributed by atoms with Gasteiger partial charge in [0.05, 0.1) is 19.7 Å². The number of nitrogens with zero attached hydrogens (tertiary/aromatic N) is 2. The number of hydrogen-bond acceptors (Lipinski definition) is 4. The van der Waals surface area contributed by atoms with E-state index < -0.39 is 0 Å². The van der Waals surface area contributed by atoms with E-state index in [1.165, 1.54) is 12.1 Å². The molecule has 5 nitrogen and oxygen atoms in total. The quantitative estimate of drug-likeness (QED) is 0.877. The van der Waals surface area contributed by atoms with Gasteiger partial charge in [-0.3, -0.25) is 9.69 Å². The third-order valence-electron chi connectivity index (χ3n) is 5.15. The number of likely N-dealkylation sites (tertiary alicyclic amines) is 1. The van der Waals surface area contributed by atoms with Crippen LogP contribution in [0.25, 0.3) is 0 Å². The second kappa shape index (κ2) is 8.45. The fourth-order valence-electron chi connectivity index (χ4n) is 3.47. The molecule has 2 atom stereocenters. The van der Waals surface area contributed by atoms with Crippen molar-refractivity contribution in [2.24, 2.45) is 11.1 Å². The van der Waals surface area contributed by atoms with Crippen molar-refractivity contribution < 1.29 is 13.9 Å². The summed E-state index contributed by atoms with van der Waals surface area (Å²) in [5.74, 6) is -0.133. The minimum Gasteiger partial charge on any atom is -0.370 e. The van der Waals surface area contributed by atoms with Crippen molar-refractivity contribution in [3.63, 3.8) is 0 Å². The van der Waals surface area contributed by atoms with E-state index in [1.807, 2.05) is 4.90 Å². The van der Waals surface area contributed by atoms with Gasteiger partial charge in [-0.2, -0.15) is 0 Å². The van der Waals surface area contributed by atoms with E-state index in [9.17, 15) is 9.18 Å². The highest BCUT2D eigenvalue weighted by molar-refractivity contribution is 5.85. The van der Waals surface area contributed by atoms with Crippen LogP contribution in [0.1, 0.15) is 25.0 Å². The summed E-state index contributed by atoms with van der Waals surface area (Å²) in [6.45, 7) is 6.70. The van der Waals surface area contributed by atoms with Crippen molar-refractivity contribution in [1.29, 1.82) is 0 Å². The molecule has 2 aliphatic rings. The Labute approximate surface area is 154 Å². The minimum atomic E-state index is -0.264. The summed E-state index contributed by atoms with van der Waals surface area (Å²) in [7, 11) is 0. The first-order chi connectivity index (χ1) is 11.5. The number of nitrogens with two attached hydrogens (primary N) is 1. The molecule has 1 aromatic rings. The lowest BCUT2D eigenvalue weighted by Gasteiger charge is -2.34. The van der Waals surface area contributed by atoms with Gasteiger partial charge in [-0.15, -0.1) is 12.4 Å². The molecule has 2 heterocycles. The molecule has 2 saturated heterocycles. The summed E-state index contributed by atoms with van der Waals surface area (Å²) in [4.78, 5) is 16.7. The normalized spacial score (nSPS) is 27.2. The molecule has 0 aliphatic carbocycles. The first kappa shape index (κ1) is 20.1. The van der Waals surface area contributed by atoms with E-state index in [0.29, 0.717) is 32.8 Å². The topological polar surface area (TPSA) is 58.8 Å². The Hall–Kier alpha value is -1.21. The second-order valence-corrected chi connectivity index (χ2v) is 7.23. The SMILES string of the molecule is CC1(CN)CCN(CC(=O)N2CCOC(c3ccc(F)cc3)C2)C1.Cl. The van der Waals surface area contributed by atoms with E-state index in [4.69, 9.17) is 10.5 Å². The number of morpholine rings is 1. The minimum absolute atomic E-state index is 0. The third-order valence-corrected chi connectivity index (χ3v) is 5.15. The van der Waals surface area contributed by atoms with Crippen molar-refractivity contribution in [2.75, 3.05) is 45.9 Å². The molecule has 140 valence electrons. The molecular weight excluding hydrogens is 345 g/mol. The zero-order chi connectivity index (χ0) is 17.2. The van der Waals surface area contributed by atoms with Crippen LogP contribution in [0, 0.1) is 11.2 Å². The molecule has 0 aromatic heterocycles. The molecule has 0 spiro atoms. The van der Waals surface area contributed by atoms with Gasteiger partial charge < -0.3 is 15.4 Å². The maximum atomic E-state index is 13.1. The summed E-state index contributed by atoms with van der Waals surface area (Å²) >= 11 is 0. The summed E-state index contributed by atoms with van der Waals surface area (Å²) in [6, 6.07) is 6.30. The first-order valence-electron chi connectivity index (χ1n) is 8.56. The molecule has 0 bridgehead atoms. The average Bonchev–Trinajstić information content (AvgIpc) is 2.97. The fourth-order valence-corrected chi connectivity index (χ4v) is 3.47. The van der Waals surface area contributed by atoms with Gasteiger partial charge in [0, 0.05) is 13.1 Å². The van der Waals surface area contributed by atoms with Crippen molar-refractivity contribution in [3.05, 3.63) is 35.6 Å². The third kappa shape index (κ3) is 4.91. The van der Waals surface area contributed by atoms with Crippen LogP contribution in [0.2, 0.25) is 0 Å². The van der Waals surface area contributed by atoms with E-state index in [0.717, 1.165) is 25.1 Å². The lowest BCUT2D eigenvalue weighted by Crippen LogP contribution is -2.46. The molecule has 0 radical (unpaired) electrons. The molecule has 3 rings (SSSR count). The predicted octanol–water partition coefficient (Wildman–Crippen LogP) is 1.82. The highest BCUT2D eigenvalue weighted by atomic mass is 35.5. The number of benzene rings is 1. The fraction of sp³-hybridized carbons (Fsp3) is 0.611. The number of rotatable bonds is 4. The summed E-state index contributed by atoms with van der Waals surface area (Å²) in [6.07, 6.45) is 0.856. The summed E-state index contributed by atoms with van der Waals surface area (Å²) in [5.41, 5.74) is 6.87. The molecule has 25 heavy (non-hydrogen) atoms. The van der Waals surface area contributed by atoms with Crippen LogP contribution in [0.5, 0.6) is 0 Å². The lowest BCUT2D eigenvalue weighted by atomic mass is 9.90. The molecule has 2 aliphatic heterocycles. The van der Waals surface area contributed by atoms with E-state index in [-0.39, 0.29) is 35.7 Å². The van der Waals surface area contributed by atoms with E-state index >= 15 is 0 Å². The van der Waals surface area contributed by atoms with Crippen molar-refractivity contribution in [1.82, 2.24) is 9.80 Å². The van der Waals surface area contributed by atoms with E-state index in [1.54, 1.807) is 12.1 Å². The lowest BCUT2D eigenvalue weighted by molar-refractivity contribution is -0.140. The Bertz CT molecular complexity index is 586. The van der Waals surface area contributed by atoms with Crippen LogP contribution in [-0.2, 0) is 9.53 Å². The van der Waals surface area contributed by atoms with Crippen LogP contribution in [-0.4, -0.2) is 61.6 Å². The Morgan fingerprint density at radius 2 is 2.08 bits per heavy atom. The maximum Gasteiger partial charge on any atom is 0.236 e. The van der Waals surface area contributed by atoms with Gasteiger partial charge >= 0.3 is 0 Å². The Morgan fingerprint density at radius 3 is 2.72 bits per heavy atom. The highest BCUT2D eigenvalue weighted by Gasteiger charge is 2.34. The Balaban J connectivity index is 0.00000225. The van der Waals surface area contributed by atoms with Crippen molar-refractivity contribution in [2.45, 2.75) is 19.4 Å². The number of amides is 1. The van der Waals surface area contributed by atoms with Gasteiger partial charge in [0.2, 0.25) is 5.91 Å². The molecule has 2 fully saturated rings. The van der Waals surface area contributed by atoms with Gasteiger partial charge in [0.1, 0.15) is 11.9 Å².